The van der Waals surface area contributed by atoms with Gasteiger partial charge < -0.3 is 10.4 Å². The van der Waals surface area contributed by atoms with E-state index >= 15 is 0 Å². The fraction of sp³-hybridized carbons (Fsp3) is 0.611. The zero-order chi connectivity index (χ0) is 16.8. The van der Waals surface area contributed by atoms with Gasteiger partial charge in [0.1, 0.15) is 0 Å². The van der Waals surface area contributed by atoms with Crippen LogP contribution in [0, 0.1) is 6.92 Å². The minimum atomic E-state index is -0.127. The van der Waals surface area contributed by atoms with Gasteiger partial charge in [-0.1, -0.05) is 24.3 Å². The molecule has 5 heteroatoms. The molecule has 1 aliphatic heterocycles. The number of carbonyl (C=O) groups is 1. The van der Waals surface area contributed by atoms with Gasteiger partial charge in [0, 0.05) is 32.7 Å². The summed E-state index contributed by atoms with van der Waals surface area (Å²) >= 11 is 0. The van der Waals surface area contributed by atoms with Gasteiger partial charge in [0.05, 0.1) is 18.7 Å². The van der Waals surface area contributed by atoms with Gasteiger partial charge >= 0.3 is 0 Å². The molecule has 0 bridgehead atoms. The molecule has 2 N–H and O–H groups in total. The van der Waals surface area contributed by atoms with Gasteiger partial charge in [-0.3, -0.25) is 14.6 Å². The van der Waals surface area contributed by atoms with Gasteiger partial charge in [-0.25, -0.2) is 0 Å². The Hall–Kier alpha value is -1.43. The molecule has 23 heavy (non-hydrogen) atoms. The minimum Gasteiger partial charge on any atom is -0.395 e. The first-order valence-electron chi connectivity index (χ1n) is 8.46. The van der Waals surface area contributed by atoms with Crippen LogP contribution in [-0.2, 0) is 4.79 Å². The molecule has 1 fully saturated rings. The largest absolute Gasteiger partial charge is 0.395 e. The summed E-state index contributed by atoms with van der Waals surface area (Å²) in [6, 6.07) is 8.05. The standard InChI is InChI=1S/C18H29N3O2/c1-14-6-4-5-7-17(14)15(2)19-18(23)16(3)21-10-8-20(9-11-21)12-13-22/h4-7,15-16,22H,8-13H2,1-3H3,(H,19,23)/t15-,16-/m0/s1. The number of rotatable bonds is 6. The second kappa shape index (κ2) is 8.43. The van der Waals surface area contributed by atoms with Gasteiger partial charge in [-0.05, 0) is 31.9 Å². The molecule has 2 rings (SSSR count). The predicted octanol–water partition coefficient (Wildman–Crippen LogP) is 1.17. The highest BCUT2D eigenvalue weighted by molar-refractivity contribution is 5.81. The Kier molecular flexibility index (Phi) is 6.57. The van der Waals surface area contributed by atoms with Crippen molar-refractivity contribution in [2.75, 3.05) is 39.3 Å². The van der Waals surface area contributed by atoms with Crippen LogP contribution in [-0.4, -0.2) is 66.2 Å². The third-order valence-electron chi connectivity index (χ3n) is 4.76. The zero-order valence-electron chi connectivity index (χ0n) is 14.5. The van der Waals surface area contributed by atoms with Crippen molar-refractivity contribution >= 4 is 5.91 Å². The summed E-state index contributed by atoms with van der Waals surface area (Å²) in [6.45, 7) is 10.6. The first kappa shape index (κ1) is 17.9. The molecule has 0 unspecified atom stereocenters. The molecule has 1 amide bonds. The molecule has 1 aliphatic rings. The van der Waals surface area contributed by atoms with Crippen LogP contribution in [0.3, 0.4) is 0 Å². The van der Waals surface area contributed by atoms with Gasteiger partial charge in [-0.2, -0.15) is 0 Å². The molecule has 0 radical (unpaired) electrons. The second-order valence-electron chi connectivity index (χ2n) is 6.36. The maximum atomic E-state index is 12.5. The summed E-state index contributed by atoms with van der Waals surface area (Å²) in [5, 5.41) is 12.1. The quantitative estimate of drug-likeness (QED) is 0.826. The number of nitrogens with one attached hydrogen (secondary N) is 1. The van der Waals surface area contributed by atoms with E-state index in [1.807, 2.05) is 26.0 Å². The summed E-state index contributed by atoms with van der Waals surface area (Å²) in [6.07, 6.45) is 0. The third-order valence-corrected chi connectivity index (χ3v) is 4.76. The Morgan fingerprint density at radius 1 is 1.22 bits per heavy atom. The average Bonchev–Trinajstić information content (AvgIpc) is 2.55. The minimum absolute atomic E-state index is 0.0156. The Bertz CT molecular complexity index is 513. The van der Waals surface area contributed by atoms with Crippen molar-refractivity contribution in [3.05, 3.63) is 35.4 Å². The molecule has 1 aromatic rings. The Morgan fingerprint density at radius 3 is 2.48 bits per heavy atom. The first-order valence-corrected chi connectivity index (χ1v) is 8.46. The van der Waals surface area contributed by atoms with E-state index in [1.165, 1.54) is 11.1 Å². The summed E-state index contributed by atoms with van der Waals surface area (Å²) < 4.78 is 0. The molecule has 0 aliphatic carbocycles. The average molecular weight is 319 g/mol. The number of amides is 1. The highest BCUT2D eigenvalue weighted by Crippen LogP contribution is 2.17. The van der Waals surface area contributed by atoms with Crippen molar-refractivity contribution in [1.29, 1.82) is 0 Å². The number of aryl methyl sites for hydroxylation is 1. The number of hydrogen-bond acceptors (Lipinski definition) is 4. The van der Waals surface area contributed by atoms with Crippen molar-refractivity contribution < 1.29 is 9.90 Å². The number of aliphatic hydroxyl groups is 1. The predicted molar refractivity (Wildman–Crippen MR) is 92.3 cm³/mol. The highest BCUT2D eigenvalue weighted by atomic mass is 16.3. The molecular formula is C18H29N3O2. The fourth-order valence-electron chi connectivity index (χ4n) is 3.17. The molecule has 0 spiro atoms. The summed E-state index contributed by atoms with van der Waals surface area (Å²) in [4.78, 5) is 17.0. The number of carbonyl (C=O) groups excluding carboxylic acids is 1. The number of benzene rings is 1. The van der Waals surface area contributed by atoms with E-state index in [2.05, 4.69) is 34.2 Å². The van der Waals surface area contributed by atoms with Crippen LogP contribution >= 0.6 is 0 Å². The zero-order valence-corrected chi connectivity index (χ0v) is 14.5. The van der Waals surface area contributed by atoms with E-state index in [-0.39, 0.29) is 24.6 Å². The molecule has 0 saturated carbocycles. The number of nitrogens with zero attached hydrogens (tertiary/aromatic N) is 2. The van der Waals surface area contributed by atoms with Crippen LogP contribution in [0.15, 0.2) is 24.3 Å². The lowest BCUT2D eigenvalue weighted by molar-refractivity contribution is -0.127. The van der Waals surface area contributed by atoms with Crippen LogP contribution in [0.4, 0.5) is 0 Å². The van der Waals surface area contributed by atoms with E-state index < -0.39 is 0 Å². The van der Waals surface area contributed by atoms with E-state index in [9.17, 15) is 4.79 Å². The van der Waals surface area contributed by atoms with Crippen LogP contribution in [0.25, 0.3) is 0 Å². The molecule has 1 heterocycles. The van der Waals surface area contributed by atoms with Gasteiger partial charge in [-0.15, -0.1) is 0 Å². The van der Waals surface area contributed by atoms with Crippen molar-refractivity contribution in [3.8, 4) is 0 Å². The van der Waals surface area contributed by atoms with E-state index in [0.29, 0.717) is 0 Å². The molecule has 1 saturated heterocycles. The third kappa shape index (κ3) is 4.77. The molecule has 128 valence electrons. The highest BCUT2D eigenvalue weighted by Gasteiger charge is 2.26. The lowest BCUT2D eigenvalue weighted by Crippen LogP contribution is -2.54. The smallest absolute Gasteiger partial charge is 0.237 e. The normalized spacial score (nSPS) is 19.3. The van der Waals surface area contributed by atoms with E-state index in [1.54, 1.807) is 0 Å². The molecule has 1 aromatic carbocycles. The number of piperazine rings is 1. The topological polar surface area (TPSA) is 55.8 Å². The summed E-state index contributed by atoms with van der Waals surface area (Å²) in [5.41, 5.74) is 2.37. The van der Waals surface area contributed by atoms with Crippen LogP contribution < -0.4 is 5.32 Å². The van der Waals surface area contributed by atoms with Gasteiger partial charge in [0.15, 0.2) is 0 Å². The Morgan fingerprint density at radius 2 is 1.87 bits per heavy atom. The maximum absolute atomic E-state index is 12.5. The lowest BCUT2D eigenvalue weighted by atomic mass is 10.0. The Labute approximate surface area is 139 Å². The summed E-state index contributed by atoms with van der Waals surface area (Å²) in [5.74, 6) is 0.0800. The van der Waals surface area contributed by atoms with Crippen molar-refractivity contribution in [1.82, 2.24) is 15.1 Å². The van der Waals surface area contributed by atoms with Gasteiger partial charge in [0.2, 0.25) is 5.91 Å². The molecule has 0 aromatic heterocycles. The molecule has 5 nitrogen and oxygen atoms in total. The fourth-order valence-corrected chi connectivity index (χ4v) is 3.17. The SMILES string of the molecule is Cc1ccccc1[C@H](C)NC(=O)[C@H](C)N1CCN(CCO)CC1. The lowest BCUT2D eigenvalue weighted by Gasteiger charge is -2.37. The van der Waals surface area contributed by atoms with Crippen LogP contribution in [0.5, 0.6) is 0 Å². The first-order chi connectivity index (χ1) is 11.0. The van der Waals surface area contributed by atoms with Gasteiger partial charge in [0.25, 0.3) is 0 Å². The molecule has 2 atom stereocenters. The molecular weight excluding hydrogens is 290 g/mol. The van der Waals surface area contributed by atoms with Crippen LogP contribution in [0.2, 0.25) is 0 Å². The van der Waals surface area contributed by atoms with E-state index in [0.717, 1.165) is 32.7 Å². The second-order valence-corrected chi connectivity index (χ2v) is 6.36. The summed E-state index contributed by atoms with van der Waals surface area (Å²) in [7, 11) is 0. The maximum Gasteiger partial charge on any atom is 0.237 e. The van der Waals surface area contributed by atoms with Crippen LogP contribution in [0.1, 0.15) is 31.0 Å². The number of hydrogen-bond donors (Lipinski definition) is 2. The number of β-amino-alcohol motifs (C(OH)–C–C–N with tert-alkyl or cyclic N) is 1. The Balaban J connectivity index is 1.87. The van der Waals surface area contributed by atoms with Crippen molar-refractivity contribution in [2.24, 2.45) is 0 Å². The van der Waals surface area contributed by atoms with E-state index in [4.69, 9.17) is 5.11 Å². The van der Waals surface area contributed by atoms with Crippen molar-refractivity contribution in [3.63, 3.8) is 0 Å². The number of aliphatic hydroxyl groups excluding tert-OH is 1. The van der Waals surface area contributed by atoms with Crippen molar-refractivity contribution in [2.45, 2.75) is 32.9 Å². The monoisotopic (exact) mass is 319 g/mol.